The van der Waals surface area contributed by atoms with Gasteiger partial charge in [0.1, 0.15) is 0 Å². The second kappa shape index (κ2) is 6.91. The molecule has 1 aliphatic carbocycles. The molecule has 2 atom stereocenters. The van der Waals surface area contributed by atoms with Crippen molar-refractivity contribution in [3.8, 4) is 6.07 Å². The summed E-state index contributed by atoms with van der Waals surface area (Å²) in [5.74, 6) is -0.746. The molecule has 128 valence electrons. The zero-order valence-electron chi connectivity index (χ0n) is 13.3. The van der Waals surface area contributed by atoms with Crippen LogP contribution in [0.2, 0.25) is 0 Å². The van der Waals surface area contributed by atoms with Gasteiger partial charge in [0, 0.05) is 19.1 Å². The van der Waals surface area contributed by atoms with Crippen molar-refractivity contribution in [2.45, 2.75) is 25.2 Å². The minimum atomic E-state index is -3.61. The van der Waals surface area contributed by atoms with Crippen LogP contribution in [0.25, 0.3) is 0 Å². The number of rotatable bonds is 5. The highest BCUT2D eigenvalue weighted by Crippen LogP contribution is 2.47. The molecule has 0 aromatic heterocycles. The minimum Gasteiger partial charge on any atom is -0.381 e. The molecule has 0 spiro atoms. The summed E-state index contributed by atoms with van der Waals surface area (Å²) in [4.78, 5) is 12.2. The van der Waals surface area contributed by atoms with Gasteiger partial charge in [0.2, 0.25) is 15.9 Å². The van der Waals surface area contributed by atoms with Crippen molar-refractivity contribution < 1.29 is 17.9 Å². The van der Waals surface area contributed by atoms with E-state index in [-0.39, 0.29) is 23.5 Å². The van der Waals surface area contributed by atoms with Gasteiger partial charge in [-0.25, -0.2) is 8.42 Å². The average molecular weight is 348 g/mol. The fourth-order valence-corrected chi connectivity index (χ4v) is 4.68. The maximum Gasteiger partial charge on any atom is 0.237 e. The highest BCUT2D eigenvalue weighted by molar-refractivity contribution is 7.90. The molecular weight excluding hydrogens is 328 g/mol. The number of hydrogen-bond donors (Lipinski definition) is 1. The van der Waals surface area contributed by atoms with Gasteiger partial charge in [-0.3, -0.25) is 9.52 Å². The van der Waals surface area contributed by atoms with Crippen LogP contribution in [0, 0.1) is 23.2 Å². The van der Waals surface area contributed by atoms with Gasteiger partial charge in [0.15, 0.2) is 0 Å². The molecule has 0 unspecified atom stereocenters. The maximum absolute atomic E-state index is 12.2. The van der Waals surface area contributed by atoms with Crippen molar-refractivity contribution in [2.75, 3.05) is 19.0 Å². The molecule has 7 heteroatoms. The monoisotopic (exact) mass is 348 g/mol. The average Bonchev–Trinajstić information content (AvgIpc) is 3.36. The molecule has 1 heterocycles. The lowest BCUT2D eigenvalue weighted by atomic mass is 10.0. The van der Waals surface area contributed by atoms with Crippen molar-refractivity contribution in [1.82, 2.24) is 4.72 Å². The molecule has 0 radical (unpaired) electrons. The molecule has 6 nitrogen and oxygen atoms in total. The zero-order chi connectivity index (χ0) is 17.2. The number of nitrogens with zero attached hydrogens (tertiary/aromatic N) is 1. The van der Waals surface area contributed by atoms with Gasteiger partial charge in [-0.2, -0.15) is 5.26 Å². The lowest BCUT2D eigenvalue weighted by Crippen LogP contribution is -2.37. The Morgan fingerprint density at radius 3 is 2.79 bits per heavy atom. The first-order valence-electron chi connectivity index (χ1n) is 8.10. The molecule has 1 saturated heterocycles. The molecule has 1 amide bonds. The number of carbonyl (C=O) groups is 1. The molecule has 24 heavy (non-hydrogen) atoms. The van der Waals surface area contributed by atoms with Crippen LogP contribution in [0.4, 0.5) is 0 Å². The first kappa shape index (κ1) is 16.9. The van der Waals surface area contributed by atoms with E-state index in [1.807, 2.05) is 6.07 Å². The Kier molecular flexibility index (Phi) is 4.88. The van der Waals surface area contributed by atoms with Crippen molar-refractivity contribution in [3.05, 3.63) is 35.4 Å². The van der Waals surface area contributed by atoms with Gasteiger partial charge in [0.25, 0.3) is 0 Å². The highest BCUT2D eigenvalue weighted by atomic mass is 32.2. The molecular formula is C17H20N2O4S. The number of ether oxygens (including phenoxy) is 1. The Hall–Kier alpha value is -1.91. The number of sulfonamides is 1. The summed E-state index contributed by atoms with van der Waals surface area (Å²) in [6.07, 6.45) is 2.04. The van der Waals surface area contributed by atoms with Crippen LogP contribution < -0.4 is 4.72 Å². The van der Waals surface area contributed by atoms with Crippen LogP contribution >= 0.6 is 0 Å². The fourth-order valence-electron chi connectivity index (χ4n) is 3.19. The van der Waals surface area contributed by atoms with Crippen molar-refractivity contribution >= 4 is 15.9 Å². The van der Waals surface area contributed by atoms with Gasteiger partial charge in [-0.15, -0.1) is 0 Å². The van der Waals surface area contributed by atoms with E-state index in [4.69, 9.17) is 10.00 Å². The van der Waals surface area contributed by atoms with E-state index >= 15 is 0 Å². The number of hydrogen-bond acceptors (Lipinski definition) is 5. The molecule has 1 N–H and O–H groups in total. The summed E-state index contributed by atoms with van der Waals surface area (Å²) >= 11 is 0. The van der Waals surface area contributed by atoms with Gasteiger partial charge in [-0.05, 0) is 48.8 Å². The van der Waals surface area contributed by atoms with E-state index in [0.717, 1.165) is 5.56 Å². The van der Waals surface area contributed by atoms with Crippen LogP contribution in [0.3, 0.4) is 0 Å². The Morgan fingerprint density at radius 2 is 2.08 bits per heavy atom. The summed E-state index contributed by atoms with van der Waals surface area (Å²) in [6.45, 7) is 1.15. The quantitative estimate of drug-likeness (QED) is 0.870. The van der Waals surface area contributed by atoms with Crippen LogP contribution in [-0.2, 0) is 19.6 Å². The van der Waals surface area contributed by atoms with Crippen LogP contribution in [0.1, 0.15) is 36.3 Å². The smallest absolute Gasteiger partial charge is 0.237 e. The van der Waals surface area contributed by atoms with E-state index in [1.54, 1.807) is 18.2 Å². The van der Waals surface area contributed by atoms with E-state index in [1.165, 1.54) is 0 Å². The SMILES string of the molecule is N#Cc1cccc([C@H]2C[C@@H]2C(=O)NS(=O)(=O)CC2CCOCC2)c1. The summed E-state index contributed by atoms with van der Waals surface area (Å²) in [7, 11) is -3.61. The Labute approximate surface area is 141 Å². The first-order chi connectivity index (χ1) is 11.5. The van der Waals surface area contributed by atoms with Crippen molar-refractivity contribution in [2.24, 2.45) is 11.8 Å². The third-order valence-corrected chi connectivity index (χ3v) is 6.05. The Bertz CT molecular complexity index is 763. The summed E-state index contributed by atoms with van der Waals surface area (Å²) in [5.41, 5.74) is 1.46. The highest BCUT2D eigenvalue weighted by Gasteiger charge is 2.45. The third kappa shape index (κ3) is 4.13. The van der Waals surface area contributed by atoms with E-state index < -0.39 is 15.9 Å². The van der Waals surface area contributed by atoms with Gasteiger partial charge < -0.3 is 4.74 Å². The van der Waals surface area contributed by atoms with E-state index in [9.17, 15) is 13.2 Å². The first-order valence-corrected chi connectivity index (χ1v) is 9.76. The number of nitrogens with one attached hydrogen (secondary N) is 1. The van der Waals surface area contributed by atoms with Gasteiger partial charge >= 0.3 is 0 Å². The topological polar surface area (TPSA) is 96.3 Å². The Balaban J connectivity index is 1.56. The standard InChI is InChI=1S/C17H20N2O4S/c18-10-13-2-1-3-14(8-13)15-9-16(15)17(20)19-24(21,22)11-12-4-6-23-7-5-12/h1-3,8,12,15-16H,4-7,9,11H2,(H,19,20)/t15-,16+/m1/s1. The molecule has 1 aliphatic heterocycles. The molecule has 1 aromatic carbocycles. The second-order valence-corrected chi connectivity index (χ2v) is 8.26. The molecule has 1 saturated carbocycles. The summed E-state index contributed by atoms with van der Waals surface area (Å²) in [5, 5.41) is 8.93. The maximum atomic E-state index is 12.2. The van der Waals surface area contributed by atoms with Crippen LogP contribution in [0.15, 0.2) is 24.3 Å². The number of amides is 1. The van der Waals surface area contributed by atoms with Crippen LogP contribution in [-0.4, -0.2) is 33.3 Å². The second-order valence-electron chi connectivity index (χ2n) is 6.49. The normalized spacial score (nSPS) is 24.1. The molecule has 2 aliphatic rings. The molecule has 0 bridgehead atoms. The van der Waals surface area contributed by atoms with Crippen molar-refractivity contribution in [1.29, 1.82) is 5.26 Å². The van der Waals surface area contributed by atoms with Crippen molar-refractivity contribution in [3.63, 3.8) is 0 Å². The molecule has 1 aromatic rings. The van der Waals surface area contributed by atoms with Gasteiger partial charge in [-0.1, -0.05) is 12.1 Å². The zero-order valence-corrected chi connectivity index (χ0v) is 14.1. The van der Waals surface area contributed by atoms with Gasteiger partial charge in [0.05, 0.1) is 17.4 Å². The van der Waals surface area contributed by atoms with E-state index in [0.29, 0.717) is 38.0 Å². The number of benzene rings is 1. The summed E-state index contributed by atoms with van der Waals surface area (Å²) in [6, 6.07) is 9.19. The third-order valence-electron chi connectivity index (χ3n) is 4.62. The predicted molar refractivity (Wildman–Crippen MR) is 87.5 cm³/mol. The predicted octanol–water partition coefficient (Wildman–Crippen LogP) is 1.53. The van der Waals surface area contributed by atoms with E-state index in [2.05, 4.69) is 10.8 Å². The fraction of sp³-hybridized carbons (Fsp3) is 0.529. The number of carbonyl (C=O) groups excluding carboxylic acids is 1. The minimum absolute atomic E-state index is 0.00317. The lowest BCUT2D eigenvalue weighted by molar-refractivity contribution is -0.120. The molecule has 2 fully saturated rings. The Morgan fingerprint density at radius 1 is 1.33 bits per heavy atom. The number of nitriles is 1. The summed E-state index contributed by atoms with van der Waals surface area (Å²) < 4.78 is 31.8. The lowest BCUT2D eigenvalue weighted by Gasteiger charge is -2.21. The van der Waals surface area contributed by atoms with Crippen LogP contribution in [0.5, 0.6) is 0 Å². The largest absolute Gasteiger partial charge is 0.381 e. The molecule has 3 rings (SSSR count).